The van der Waals surface area contributed by atoms with Gasteiger partial charge < -0.3 is 4.74 Å². The van der Waals surface area contributed by atoms with Gasteiger partial charge in [-0.1, -0.05) is 21.5 Å². The molecule has 0 amide bonds. The van der Waals surface area contributed by atoms with E-state index in [1.165, 1.54) is 6.92 Å². The van der Waals surface area contributed by atoms with Gasteiger partial charge in [-0.25, -0.2) is 0 Å². The fraction of sp³-hybridized carbons (Fsp3) is 0.571. The number of ether oxygens (including phenoxy) is 1. The number of esters is 1. The van der Waals surface area contributed by atoms with E-state index < -0.39 is 0 Å². The number of carbonyl (C=O) groups excluding carboxylic acids is 1. The van der Waals surface area contributed by atoms with Crippen molar-refractivity contribution in [1.82, 2.24) is 0 Å². The molecule has 2 nitrogen and oxygen atoms in total. The molecule has 0 fully saturated rings. The first kappa shape index (κ1) is 9.69. The Balaban J connectivity index is 3.71. The zero-order valence-corrected chi connectivity index (χ0v) is 7.99. The van der Waals surface area contributed by atoms with Crippen molar-refractivity contribution in [2.75, 3.05) is 6.61 Å². The molecule has 0 radical (unpaired) electrons. The van der Waals surface area contributed by atoms with Crippen LogP contribution in [0, 0.1) is 0 Å². The first-order valence-corrected chi connectivity index (χ1v) is 3.78. The van der Waals surface area contributed by atoms with Gasteiger partial charge in [0.1, 0.15) is 6.61 Å². The highest BCUT2D eigenvalue weighted by Gasteiger charge is 1.96. The van der Waals surface area contributed by atoms with E-state index in [-0.39, 0.29) is 5.97 Å². The van der Waals surface area contributed by atoms with Crippen LogP contribution in [0.25, 0.3) is 0 Å². The molecule has 0 heterocycles. The maximum atomic E-state index is 10.3. The van der Waals surface area contributed by atoms with Gasteiger partial charge in [0.05, 0.1) is 0 Å². The molecular formula is C7H11BrO2. The van der Waals surface area contributed by atoms with Crippen LogP contribution in [0.1, 0.15) is 20.8 Å². The number of rotatable bonds is 2. The van der Waals surface area contributed by atoms with Crippen LogP contribution < -0.4 is 0 Å². The highest BCUT2D eigenvalue weighted by molar-refractivity contribution is 9.11. The second kappa shape index (κ2) is 4.50. The van der Waals surface area contributed by atoms with Crippen LogP contribution in [-0.4, -0.2) is 12.6 Å². The summed E-state index contributed by atoms with van der Waals surface area (Å²) in [6, 6.07) is 0. The van der Waals surface area contributed by atoms with Crippen LogP contribution in [0.3, 0.4) is 0 Å². The predicted molar refractivity (Wildman–Crippen MR) is 43.9 cm³/mol. The van der Waals surface area contributed by atoms with Gasteiger partial charge in [0.15, 0.2) is 0 Å². The summed E-state index contributed by atoms with van der Waals surface area (Å²) in [5.74, 6) is -0.252. The summed E-state index contributed by atoms with van der Waals surface area (Å²) in [5, 5.41) is 0. The lowest BCUT2D eigenvalue weighted by Crippen LogP contribution is -2.00. The van der Waals surface area contributed by atoms with E-state index in [0.29, 0.717) is 6.61 Å². The molecule has 0 spiro atoms. The Bertz CT molecular complexity index is 157. The standard InChI is InChI=1S/C7H11BrO2/c1-5(2)7(8)4-10-6(3)9/h4H2,1-3H3. The lowest BCUT2D eigenvalue weighted by atomic mass is 10.3. The topological polar surface area (TPSA) is 26.3 Å². The molecule has 0 aliphatic carbocycles. The van der Waals surface area contributed by atoms with Crippen molar-refractivity contribution < 1.29 is 9.53 Å². The van der Waals surface area contributed by atoms with E-state index in [1.807, 2.05) is 13.8 Å². The highest BCUT2D eigenvalue weighted by atomic mass is 79.9. The van der Waals surface area contributed by atoms with Crippen molar-refractivity contribution in [2.45, 2.75) is 20.8 Å². The van der Waals surface area contributed by atoms with E-state index in [9.17, 15) is 4.79 Å². The average molecular weight is 207 g/mol. The molecule has 0 N–H and O–H groups in total. The smallest absolute Gasteiger partial charge is 0.302 e. The molecule has 0 unspecified atom stereocenters. The Morgan fingerprint density at radius 3 is 2.20 bits per heavy atom. The quantitative estimate of drug-likeness (QED) is 0.649. The SMILES string of the molecule is CC(=O)OCC(Br)=C(C)C. The Kier molecular flexibility index (Phi) is 4.36. The Hall–Kier alpha value is -0.310. The molecule has 0 aromatic carbocycles. The van der Waals surface area contributed by atoms with Gasteiger partial charge in [0.2, 0.25) is 0 Å². The Morgan fingerprint density at radius 2 is 1.90 bits per heavy atom. The first-order chi connectivity index (χ1) is 4.54. The largest absolute Gasteiger partial charge is 0.460 e. The van der Waals surface area contributed by atoms with Gasteiger partial charge >= 0.3 is 5.97 Å². The van der Waals surface area contributed by atoms with Gasteiger partial charge in [-0.2, -0.15) is 0 Å². The van der Waals surface area contributed by atoms with Gasteiger partial charge in [-0.05, 0) is 13.8 Å². The van der Waals surface area contributed by atoms with Gasteiger partial charge in [-0.3, -0.25) is 4.79 Å². The zero-order chi connectivity index (χ0) is 8.15. The zero-order valence-electron chi connectivity index (χ0n) is 6.40. The van der Waals surface area contributed by atoms with E-state index in [2.05, 4.69) is 15.9 Å². The number of carbonyl (C=O) groups is 1. The molecule has 58 valence electrons. The number of allylic oxidation sites excluding steroid dienone is 1. The fourth-order valence-electron chi connectivity index (χ4n) is 0.309. The molecule has 0 saturated carbocycles. The molecule has 0 saturated heterocycles. The number of hydrogen-bond acceptors (Lipinski definition) is 2. The van der Waals surface area contributed by atoms with Crippen molar-refractivity contribution in [3.63, 3.8) is 0 Å². The third kappa shape index (κ3) is 4.56. The minimum Gasteiger partial charge on any atom is -0.460 e. The van der Waals surface area contributed by atoms with Crippen LogP contribution in [0.4, 0.5) is 0 Å². The predicted octanol–water partition coefficient (Wildman–Crippen LogP) is 2.24. The summed E-state index contributed by atoms with van der Waals surface area (Å²) in [6.45, 7) is 5.64. The number of hydrogen-bond donors (Lipinski definition) is 0. The third-order valence-corrected chi connectivity index (χ3v) is 1.97. The lowest BCUT2D eigenvalue weighted by Gasteiger charge is -2.01. The molecule has 0 aromatic heterocycles. The molecule has 0 atom stereocenters. The second-order valence-corrected chi connectivity index (χ2v) is 3.14. The summed E-state index contributed by atoms with van der Waals surface area (Å²) < 4.78 is 5.65. The van der Waals surface area contributed by atoms with E-state index in [1.54, 1.807) is 0 Å². The van der Waals surface area contributed by atoms with E-state index in [0.717, 1.165) is 10.1 Å². The summed E-state index contributed by atoms with van der Waals surface area (Å²) in [7, 11) is 0. The van der Waals surface area contributed by atoms with Crippen LogP contribution in [0.2, 0.25) is 0 Å². The van der Waals surface area contributed by atoms with Gasteiger partial charge in [-0.15, -0.1) is 0 Å². The average Bonchev–Trinajstić information content (AvgIpc) is 1.82. The van der Waals surface area contributed by atoms with E-state index >= 15 is 0 Å². The van der Waals surface area contributed by atoms with E-state index in [4.69, 9.17) is 4.74 Å². The fourth-order valence-corrected chi connectivity index (χ4v) is 0.424. The monoisotopic (exact) mass is 206 g/mol. The van der Waals surface area contributed by atoms with Crippen LogP contribution in [0.15, 0.2) is 10.1 Å². The van der Waals surface area contributed by atoms with Crippen LogP contribution >= 0.6 is 15.9 Å². The molecule has 0 rings (SSSR count). The first-order valence-electron chi connectivity index (χ1n) is 2.99. The van der Waals surface area contributed by atoms with Gasteiger partial charge in [0.25, 0.3) is 0 Å². The molecule has 0 aliphatic rings. The van der Waals surface area contributed by atoms with Crippen molar-refractivity contribution in [3.8, 4) is 0 Å². The minimum absolute atomic E-state index is 0.252. The Labute approximate surface area is 69.4 Å². The Morgan fingerprint density at radius 1 is 1.40 bits per heavy atom. The van der Waals surface area contributed by atoms with Crippen LogP contribution in [0.5, 0.6) is 0 Å². The maximum absolute atomic E-state index is 10.3. The number of halogens is 1. The van der Waals surface area contributed by atoms with Crippen molar-refractivity contribution >= 4 is 21.9 Å². The molecule has 10 heavy (non-hydrogen) atoms. The molecule has 0 aliphatic heterocycles. The summed E-state index contributed by atoms with van der Waals surface area (Å²) in [5.41, 5.74) is 1.13. The van der Waals surface area contributed by atoms with Crippen molar-refractivity contribution in [2.24, 2.45) is 0 Å². The highest BCUT2D eigenvalue weighted by Crippen LogP contribution is 2.10. The summed E-state index contributed by atoms with van der Waals surface area (Å²) >= 11 is 3.27. The minimum atomic E-state index is -0.252. The molecule has 0 bridgehead atoms. The normalized spacial score (nSPS) is 8.80. The molecule has 0 aromatic rings. The lowest BCUT2D eigenvalue weighted by molar-refractivity contribution is -0.139. The van der Waals surface area contributed by atoms with Crippen molar-refractivity contribution in [3.05, 3.63) is 10.1 Å². The van der Waals surface area contributed by atoms with Crippen molar-refractivity contribution in [1.29, 1.82) is 0 Å². The molecule has 3 heteroatoms. The van der Waals surface area contributed by atoms with Crippen LogP contribution in [-0.2, 0) is 9.53 Å². The summed E-state index contributed by atoms with van der Waals surface area (Å²) in [4.78, 5) is 10.3. The second-order valence-electron chi connectivity index (χ2n) is 2.19. The maximum Gasteiger partial charge on any atom is 0.302 e. The summed E-state index contributed by atoms with van der Waals surface area (Å²) in [6.07, 6.45) is 0. The van der Waals surface area contributed by atoms with Gasteiger partial charge in [0, 0.05) is 11.4 Å². The molecular weight excluding hydrogens is 196 g/mol. The third-order valence-electron chi connectivity index (χ3n) is 0.945.